The van der Waals surface area contributed by atoms with Gasteiger partial charge in [0.1, 0.15) is 23.5 Å². The molecular weight excluding hydrogens is 610 g/mol. The van der Waals surface area contributed by atoms with E-state index in [-0.39, 0.29) is 34.8 Å². The molecule has 12 heteroatoms. The maximum Gasteiger partial charge on any atom is 0.490 e. The van der Waals surface area contributed by atoms with Crippen molar-refractivity contribution in [2.24, 2.45) is 5.92 Å². The molecule has 0 aromatic heterocycles. The number of fused-ring (bicyclic) bond motifs is 1. The first-order chi connectivity index (χ1) is 20.1. The summed E-state index contributed by atoms with van der Waals surface area (Å²) in [7, 11) is 0. The molecule has 0 radical (unpaired) electrons. The van der Waals surface area contributed by atoms with E-state index in [2.05, 4.69) is 50.0 Å². The minimum Gasteiger partial charge on any atom is -0.489 e. The molecule has 43 heavy (non-hydrogen) atoms. The van der Waals surface area contributed by atoms with Crippen LogP contribution in [-0.4, -0.2) is 59.7 Å². The van der Waals surface area contributed by atoms with E-state index in [1.165, 1.54) is 11.1 Å². The molecule has 2 aromatic rings. The Hall–Kier alpha value is -2.79. The number of carboxylic acids is 1. The Morgan fingerprint density at radius 3 is 2.21 bits per heavy atom. The Kier molecular flexibility index (Phi) is 13.8. The zero-order chi connectivity index (χ0) is 32.4. The first-order valence-corrected chi connectivity index (χ1v) is 14.5. The lowest BCUT2D eigenvalue weighted by Gasteiger charge is -2.30. The summed E-state index contributed by atoms with van der Waals surface area (Å²) in [5.41, 5.74) is 3.34. The summed E-state index contributed by atoms with van der Waals surface area (Å²) >= 11 is 13.0. The van der Waals surface area contributed by atoms with Gasteiger partial charge in [-0.2, -0.15) is 13.2 Å². The molecule has 2 aromatic carbocycles. The fraction of sp³-hybridized carbons (Fsp3) is 0.484. The van der Waals surface area contributed by atoms with Gasteiger partial charge in [-0.3, -0.25) is 4.79 Å². The number of halogens is 5. The molecule has 3 rings (SSSR count). The quantitative estimate of drug-likeness (QED) is 0.163. The minimum absolute atomic E-state index is 0.0569. The largest absolute Gasteiger partial charge is 0.490 e. The van der Waals surface area contributed by atoms with E-state index >= 15 is 0 Å². The van der Waals surface area contributed by atoms with Gasteiger partial charge >= 0.3 is 18.1 Å². The first-order valence-electron chi connectivity index (χ1n) is 13.8. The second-order valence-electron chi connectivity index (χ2n) is 10.9. The monoisotopic (exact) mass is 647 g/mol. The molecule has 1 unspecified atom stereocenters. The molecule has 1 aliphatic carbocycles. The molecular formula is C31H38Cl2F3NO6. The van der Waals surface area contributed by atoms with Gasteiger partial charge in [0.05, 0.1) is 17.5 Å². The van der Waals surface area contributed by atoms with E-state index in [4.69, 9.17) is 42.6 Å². The van der Waals surface area contributed by atoms with Gasteiger partial charge in [0, 0.05) is 12.1 Å². The summed E-state index contributed by atoms with van der Waals surface area (Å²) in [6.45, 7) is 10.5. The van der Waals surface area contributed by atoms with Gasteiger partial charge in [-0.1, -0.05) is 59.6 Å². The third-order valence-electron chi connectivity index (χ3n) is 6.85. The summed E-state index contributed by atoms with van der Waals surface area (Å²) in [6.07, 6.45) is -0.565. The smallest absolute Gasteiger partial charge is 0.489 e. The molecule has 7 nitrogen and oxygen atoms in total. The molecule has 238 valence electrons. The van der Waals surface area contributed by atoms with Crippen LogP contribution in [0.2, 0.25) is 10.0 Å². The van der Waals surface area contributed by atoms with Crippen LogP contribution in [0, 0.1) is 5.92 Å². The van der Waals surface area contributed by atoms with Crippen LogP contribution < -0.4 is 10.1 Å². The summed E-state index contributed by atoms with van der Waals surface area (Å²) in [4.78, 5) is 21.3. The summed E-state index contributed by atoms with van der Waals surface area (Å²) < 4.78 is 42.7. The van der Waals surface area contributed by atoms with Crippen LogP contribution in [0.15, 0.2) is 49.1 Å². The lowest BCUT2D eigenvalue weighted by Crippen LogP contribution is -2.46. The Morgan fingerprint density at radius 2 is 1.70 bits per heavy atom. The number of allylic oxidation sites excluding steroid dienone is 1. The Balaban J connectivity index is 0.000000821. The van der Waals surface area contributed by atoms with Crippen LogP contribution in [0.5, 0.6) is 5.75 Å². The highest BCUT2D eigenvalue weighted by Gasteiger charge is 2.38. The van der Waals surface area contributed by atoms with Crippen molar-refractivity contribution < 1.29 is 42.4 Å². The number of β-amino-alcohol motifs (C(OH)–C–C–N with tert-alkyl or cyclic N) is 1. The Morgan fingerprint density at radius 1 is 1.12 bits per heavy atom. The predicted octanol–water partition coefficient (Wildman–Crippen LogP) is 6.76. The van der Waals surface area contributed by atoms with Gasteiger partial charge in [-0.15, -0.1) is 6.58 Å². The maximum atomic E-state index is 12.4. The summed E-state index contributed by atoms with van der Waals surface area (Å²) in [6, 6.07) is 12.0. The van der Waals surface area contributed by atoms with Gasteiger partial charge in [0.2, 0.25) is 0 Å². The molecule has 0 fully saturated rings. The second kappa shape index (κ2) is 16.3. The highest BCUT2D eigenvalue weighted by molar-refractivity contribution is 6.43. The van der Waals surface area contributed by atoms with Gasteiger partial charge in [-0.25, -0.2) is 4.79 Å². The zero-order valence-electron chi connectivity index (χ0n) is 24.3. The molecule has 0 heterocycles. The molecule has 0 amide bonds. The number of benzene rings is 2. The highest BCUT2D eigenvalue weighted by Crippen LogP contribution is 2.39. The molecule has 3 N–H and O–H groups in total. The lowest BCUT2D eigenvalue weighted by molar-refractivity contribution is -0.192. The van der Waals surface area contributed by atoms with Crippen molar-refractivity contribution in [3.8, 4) is 5.75 Å². The van der Waals surface area contributed by atoms with E-state index in [0.717, 1.165) is 19.3 Å². The van der Waals surface area contributed by atoms with E-state index in [9.17, 15) is 23.1 Å². The number of carbonyl (C=O) groups excluding carboxylic acids is 1. The number of rotatable bonds is 13. The van der Waals surface area contributed by atoms with Crippen LogP contribution in [0.25, 0.3) is 0 Å². The normalized spacial score (nSPS) is 14.6. The van der Waals surface area contributed by atoms with Gasteiger partial charge in [0.15, 0.2) is 0 Å². The number of aliphatic hydroxyl groups excluding tert-OH is 1. The molecule has 0 bridgehead atoms. The molecule has 0 aliphatic heterocycles. The molecule has 0 spiro atoms. The number of nitrogens with one attached hydrogen (secondary N) is 1. The second-order valence-corrected chi connectivity index (χ2v) is 11.6. The van der Waals surface area contributed by atoms with Crippen molar-refractivity contribution in [2.75, 3.05) is 19.8 Å². The number of ether oxygens (including phenoxy) is 2. The van der Waals surface area contributed by atoms with Gasteiger partial charge < -0.3 is 25.0 Å². The van der Waals surface area contributed by atoms with Crippen molar-refractivity contribution in [2.45, 2.75) is 70.2 Å². The predicted molar refractivity (Wildman–Crippen MR) is 160 cm³/mol. The SMILES string of the molecule is C=CCC(C(=O)OCC)c1ccc(OC[C@H](O)CNC(C)(C)CC2Cc3ccccc3C2)c(Cl)c1Cl.O=C(O)C(F)(F)F. The number of carbonyl (C=O) groups is 2. The third-order valence-corrected chi connectivity index (χ3v) is 7.73. The Labute approximate surface area is 260 Å². The van der Waals surface area contributed by atoms with Crippen LogP contribution in [-0.2, 0) is 27.2 Å². The lowest BCUT2D eigenvalue weighted by atomic mass is 9.88. The topological polar surface area (TPSA) is 105 Å². The fourth-order valence-corrected chi connectivity index (χ4v) is 5.43. The van der Waals surface area contributed by atoms with Crippen LogP contribution in [0.1, 0.15) is 56.2 Å². The maximum absolute atomic E-state index is 12.4. The van der Waals surface area contributed by atoms with E-state index in [1.807, 2.05) is 0 Å². The number of hydrogen-bond donors (Lipinski definition) is 3. The van der Waals surface area contributed by atoms with Gasteiger partial charge in [-0.05, 0) is 75.1 Å². The molecule has 0 saturated carbocycles. The number of hydrogen-bond acceptors (Lipinski definition) is 6. The minimum atomic E-state index is -5.08. The van der Waals surface area contributed by atoms with E-state index in [0.29, 0.717) is 30.2 Å². The van der Waals surface area contributed by atoms with Gasteiger partial charge in [0.25, 0.3) is 0 Å². The number of esters is 1. The molecule has 0 saturated heterocycles. The van der Waals surface area contributed by atoms with E-state index < -0.39 is 24.2 Å². The van der Waals surface area contributed by atoms with Crippen LogP contribution in [0.3, 0.4) is 0 Å². The highest BCUT2D eigenvalue weighted by atomic mass is 35.5. The number of aliphatic hydroxyl groups is 1. The third kappa shape index (κ3) is 11.3. The van der Waals surface area contributed by atoms with Crippen LogP contribution >= 0.6 is 23.2 Å². The van der Waals surface area contributed by atoms with Crippen molar-refractivity contribution >= 4 is 35.1 Å². The standard InChI is InChI=1S/C29H37Cl2NO4.C2HF3O2/c1-5-9-24(28(34)35-6-2)23-12-13-25(27(31)26(23)30)36-18-22(33)17-32-29(3,4)16-19-14-20-10-7-8-11-21(20)15-19;3-2(4,5)1(6)7/h5,7-8,10-13,19,22,24,32-33H,1,6,9,14-18H2,2-4H3;(H,6,7)/t22-,24?;/m1./s1. The fourth-order valence-electron chi connectivity index (χ4n) is 4.91. The molecule has 2 atom stereocenters. The number of carboxylic acid groups (broad SMARTS) is 1. The number of aliphatic carboxylic acids is 1. The average Bonchev–Trinajstić information content (AvgIpc) is 3.33. The zero-order valence-corrected chi connectivity index (χ0v) is 25.9. The Bertz CT molecular complexity index is 1230. The van der Waals surface area contributed by atoms with E-state index in [1.54, 1.807) is 25.1 Å². The average molecular weight is 649 g/mol. The van der Waals surface area contributed by atoms with Crippen LogP contribution in [0.4, 0.5) is 13.2 Å². The molecule has 1 aliphatic rings. The summed E-state index contributed by atoms with van der Waals surface area (Å²) in [5.74, 6) is -2.78. The van der Waals surface area contributed by atoms with Crippen molar-refractivity contribution in [3.63, 3.8) is 0 Å². The van der Waals surface area contributed by atoms with Crippen molar-refractivity contribution in [1.82, 2.24) is 5.32 Å². The summed E-state index contributed by atoms with van der Waals surface area (Å²) in [5, 5.41) is 21.6. The van der Waals surface area contributed by atoms with Crippen molar-refractivity contribution in [1.29, 1.82) is 0 Å². The van der Waals surface area contributed by atoms with Crippen molar-refractivity contribution in [3.05, 3.63) is 75.8 Å². The first kappa shape index (κ1) is 36.4. The number of alkyl halides is 3.